The van der Waals surface area contributed by atoms with Gasteiger partial charge in [-0.25, -0.2) is 9.78 Å². The second kappa shape index (κ2) is 23.7. The van der Waals surface area contributed by atoms with Crippen LogP contribution in [0.3, 0.4) is 0 Å². The van der Waals surface area contributed by atoms with Crippen LogP contribution in [0.1, 0.15) is 82.6 Å². The number of hydrogen-bond donors (Lipinski definition) is 2. The van der Waals surface area contributed by atoms with Crippen LogP contribution in [0.2, 0.25) is 10.0 Å². The number of benzene rings is 2. The molecular formula is C46H48Cl2N9O14P. The van der Waals surface area contributed by atoms with E-state index in [-0.39, 0.29) is 77.5 Å². The summed E-state index contributed by atoms with van der Waals surface area (Å²) in [7, 11) is -4.36. The number of amides is 2. The molecule has 7 atom stereocenters. The zero-order valence-electron chi connectivity index (χ0n) is 39.1. The van der Waals surface area contributed by atoms with Gasteiger partial charge in [0.25, 0.3) is 11.8 Å². The quantitative estimate of drug-likeness (QED) is 0.0554. The molecule has 380 valence electrons. The highest BCUT2D eigenvalue weighted by Gasteiger charge is 2.45. The van der Waals surface area contributed by atoms with E-state index in [4.69, 9.17) is 55.9 Å². The van der Waals surface area contributed by atoms with E-state index in [1.54, 1.807) is 50.2 Å². The number of halogens is 2. The molecule has 0 spiro atoms. The first-order chi connectivity index (χ1) is 34.4. The van der Waals surface area contributed by atoms with Crippen LogP contribution >= 0.6 is 30.8 Å². The van der Waals surface area contributed by atoms with E-state index in [1.165, 1.54) is 49.1 Å². The Balaban J connectivity index is 1.14. The fraction of sp³-hybridized carbons (Fsp3) is 0.413. The van der Waals surface area contributed by atoms with Crippen LogP contribution in [0.4, 0.5) is 11.8 Å². The molecule has 0 saturated carbocycles. The van der Waals surface area contributed by atoms with Crippen LogP contribution in [0, 0.1) is 17.2 Å². The maximum absolute atomic E-state index is 14.8. The highest BCUT2D eigenvalue weighted by Crippen LogP contribution is 2.53. The summed E-state index contributed by atoms with van der Waals surface area (Å²) in [5.74, 6) is -3.21. The molecule has 23 nitrogen and oxygen atoms in total. The number of nitrogens with zero attached hydrogens (tertiary/aromatic N) is 7. The summed E-state index contributed by atoms with van der Waals surface area (Å²) in [4.78, 5) is 93.2. The third kappa shape index (κ3) is 13.6. The fourth-order valence-corrected chi connectivity index (χ4v) is 9.33. The minimum absolute atomic E-state index is 0.0340. The zero-order valence-corrected chi connectivity index (χ0v) is 41.5. The van der Waals surface area contributed by atoms with E-state index in [0.29, 0.717) is 10.6 Å². The summed E-state index contributed by atoms with van der Waals surface area (Å²) in [6.07, 6.45) is -5.29. The molecule has 2 aliphatic rings. The van der Waals surface area contributed by atoms with Gasteiger partial charge in [0.1, 0.15) is 60.8 Å². The lowest BCUT2D eigenvalue weighted by atomic mass is 10.2. The number of imidazole rings is 1. The van der Waals surface area contributed by atoms with Crippen LogP contribution in [0.25, 0.3) is 11.2 Å². The van der Waals surface area contributed by atoms with Crippen molar-refractivity contribution in [3.8, 4) is 17.7 Å². The minimum atomic E-state index is -4.36. The highest BCUT2D eigenvalue weighted by molar-refractivity contribution is 7.53. The molecule has 72 heavy (non-hydrogen) atoms. The Morgan fingerprint density at radius 1 is 0.917 bits per heavy atom. The average molecular weight is 1050 g/mol. The van der Waals surface area contributed by atoms with Gasteiger partial charge < -0.3 is 42.8 Å². The number of anilines is 2. The third-order valence-corrected chi connectivity index (χ3v) is 13.4. The Hall–Kier alpha value is -6.64. The lowest BCUT2D eigenvalue weighted by Crippen LogP contribution is -2.32. The molecule has 2 saturated heterocycles. The number of esters is 2. The Morgan fingerprint density at radius 3 is 2.33 bits per heavy atom. The SMILES string of the molecule is CC(=O)CCC(=O)O[C@H]1C[C@H](n2cnc3c(Oc4cc(Cl)ccc4Cl)nc(NC(=O)C(C)C)nc32)O[C@@H]1COP(=O)(CCC#N)O[C@H]1C[C@H](n2ccc(NC(=O)c3ccccc3)nc2=O)O[C@@H]1COC(C)=O. The molecule has 0 bridgehead atoms. The monoisotopic (exact) mass is 1050 g/mol. The van der Waals surface area contributed by atoms with Gasteiger partial charge in [-0.05, 0) is 37.3 Å². The summed E-state index contributed by atoms with van der Waals surface area (Å²) in [6, 6.07) is 16.1. The zero-order chi connectivity index (χ0) is 51.7. The normalized spacial score (nSPS) is 20.4. The van der Waals surface area contributed by atoms with Crippen molar-refractivity contribution in [1.82, 2.24) is 29.1 Å². The second-order valence-corrected chi connectivity index (χ2v) is 19.7. The van der Waals surface area contributed by atoms with Crippen LogP contribution < -0.4 is 21.1 Å². The first kappa shape index (κ1) is 53.2. The lowest BCUT2D eigenvalue weighted by molar-refractivity contribution is -0.153. The molecule has 3 aromatic heterocycles. The van der Waals surface area contributed by atoms with Crippen molar-refractivity contribution in [1.29, 1.82) is 5.26 Å². The molecule has 2 N–H and O–H groups in total. The van der Waals surface area contributed by atoms with Gasteiger partial charge in [-0.3, -0.25) is 38.2 Å². The van der Waals surface area contributed by atoms with E-state index in [2.05, 4.69) is 30.6 Å². The summed E-state index contributed by atoms with van der Waals surface area (Å²) in [5.41, 5.74) is -0.275. The Kier molecular flexibility index (Phi) is 17.5. The number of nitrogens with one attached hydrogen (secondary N) is 2. The van der Waals surface area contributed by atoms with Gasteiger partial charge >= 0.3 is 25.2 Å². The number of hydrogen-bond acceptors (Lipinski definition) is 19. The van der Waals surface area contributed by atoms with Gasteiger partial charge in [-0.15, -0.1) is 0 Å². The van der Waals surface area contributed by atoms with Gasteiger partial charge in [0.15, 0.2) is 11.2 Å². The van der Waals surface area contributed by atoms with Crippen molar-refractivity contribution in [3.63, 3.8) is 0 Å². The smallest absolute Gasteiger partial charge is 0.351 e. The number of rotatable bonds is 21. The molecule has 1 unspecified atom stereocenters. The summed E-state index contributed by atoms with van der Waals surface area (Å²) in [6.45, 7) is 4.91. The Morgan fingerprint density at radius 2 is 1.64 bits per heavy atom. The summed E-state index contributed by atoms with van der Waals surface area (Å²) < 4.78 is 59.3. The van der Waals surface area contributed by atoms with Gasteiger partial charge in [-0.2, -0.15) is 20.2 Å². The number of carbonyl (C=O) groups excluding carboxylic acids is 5. The van der Waals surface area contributed by atoms with Crippen molar-refractivity contribution in [2.75, 3.05) is 30.0 Å². The number of carbonyl (C=O) groups is 5. The van der Waals surface area contributed by atoms with Crippen LogP contribution in [-0.2, 0) is 51.7 Å². The molecule has 2 aliphatic heterocycles. The first-order valence-electron chi connectivity index (χ1n) is 22.4. The van der Waals surface area contributed by atoms with Gasteiger partial charge in [0.05, 0.1) is 36.6 Å². The van der Waals surface area contributed by atoms with Crippen molar-refractivity contribution >= 4 is 83.3 Å². The molecule has 0 radical (unpaired) electrons. The first-order valence-corrected chi connectivity index (χ1v) is 24.9. The summed E-state index contributed by atoms with van der Waals surface area (Å²) >= 11 is 12.6. The molecular weight excluding hydrogens is 1000 g/mol. The van der Waals surface area contributed by atoms with Crippen LogP contribution in [0.15, 0.2) is 71.9 Å². The van der Waals surface area contributed by atoms with E-state index < -0.39 is 99.2 Å². The molecule has 5 heterocycles. The molecule has 26 heteroatoms. The lowest BCUT2D eigenvalue weighted by Gasteiger charge is -2.26. The molecule has 7 rings (SSSR count). The third-order valence-electron chi connectivity index (χ3n) is 11.0. The van der Waals surface area contributed by atoms with E-state index >= 15 is 0 Å². The van der Waals surface area contributed by atoms with Crippen molar-refractivity contribution in [3.05, 3.63) is 93.2 Å². The second-order valence-electron chi connectivity index (χ2n) is 16.8. The molecule has 2 aromatic carbocycles. The maximum atomic E-state index is 14.8. The van der Waals surface area contributed by atoms with Gasteiger partial charge in [0, 0.05) is 61.4 Å². The summed E-state index contributed by atoms with van der Waals surface area (Å²) in [5, 5.41) is 15.3. The minimum Gasteiger partial charge on any atom is -0.463 e. The van der Waals surface area contributed by atoms with E-state index in [1.807, 2.05) is 6.07 Å². The topological polar surface area (TPSA) is 293 Å². The van der Waals surface area contributed by atoms with Crippen LogP contribution in [-0.4, -0.2) is 102 Å². The highest BCUT2D eigenvalue weighted by atomic mass is 35.5. The number of Topliss-reactive ketones (excluding diaryl/α,β-unsaturated/α-hetero) is 1. The predicted octanol–water partition coefficient (Wildman–Crippen LogP) is 6.96. The van der Waals surface area contributed by atoms with Crippen molar-refractivity contribution in [2.24, 2.45) is 5.92 Å². The molecule has 5 aromatic rings. The number of nitriles is 1. The largest absolute Gasteiger partial charge is 0.463 e. The predicted molar refractivity (Wildman–Crippen MR) is 255 cm³/mol. The van der Waals surface area contributed by atoms with Gasteiger partial charge in [0.2, 0.25) is 11.9 Å². The fourth-order valence-electron chi connectivity index (χ4n) is 7.33. The van der Waals surface area contributed by atoms with E-state index in [9.17, 15) is 38.6 Å². The number of fused-ring (bicyclic) bond motifs is 1. The molecule has 0 aliphatic carbocycles. The van der Waals surface area contributed by atoms with Crippen molar-refractivity contribution < 1.29 is 61.3 Å². The Labute approximate surface area is 420 Å². The standard InChI is InChI=1S/C46H48Cl2N9O14P/c1-25(2)42(61)54-45-53-41-40(44(55-45)70-31-19-29(47)12-13-30(31)48)50-24-57(41)38-20-32(69-39(60)14-11-26(3)58)35(68-38)23-66-72(64,18-8-16-49)71-33-21-37(67-34(33)22-65-27(4)59)56-17-15-36(52-46(56)63)51-43(62)28-9-6-5-7-10-28/h5-7,9-10,12-13,15,17,19,24-25,32-35,37-38H,8,11,14,18,20-23H2,1-4H3,(H,51,52,62,63)(H,53,54,55,61)/t32-,33-,34+,35+,37+,38+,72?/m0/s1. The van der Waals surface area contributed by atoms with E-state index in [0.717, 1.165) is 4.57 Å². The maximum Gasteiger partial charge on any atom is 0.351 e. The van der Waals surface area contributed by atoms with Crippen molar-refractivity contribution in [2.45, 2.75) is 96.7 Å². The average Bonchev–Trinajstić information content (AvgIpc) is 4.07. The molecule has 2 fully saturated rings. The number of ketones is 1. The van der Waals surface area contributed by atoms with Crippen LogP contribution in [0.5, 0.6) is 11.6 Å². The number of ether oxygens (including phenoxy) is 5. The van der Waals surface area contributed by atoms with Gasteiger partial charge in [-0.1, -0.05) is 55.2 Å². The molecule has 2 amide bonds. The Bertz CT molecular complexity index is 2990. The number of aromatic nitrogens is 6.